The summed E-state index contributed by atoms with van der Waals surface area (Å²) in [6, 6.07) is 16.1. The quantitative estimate of drug-likeness (QED) is 0.213. The largest absolute Gasteiger partial charge is 0.497 e. The molecule has 0 radical (unpaired) electrons. The van der Waals surface area contributed by atoms with Crippen LogP contribution in [0.3, 0.4) is 0 Å². The minimum Gasteiger partial charge on any atom is -0.497 e. The van der Waals surface area contributed by atoms with E-state index in [9.17, 15) is 18.0 Å². The second-order valence-corrected chi connectivity index (χ2v) is 12.7. The molecule has 1 N–H and O–H groups in total. The van der Waals surface area contributed by atoms with Gasteiger partial charge in [-0.25, -0.2) is 8.42 Å². The topological polar surface area (TPSA) is 114 Å². The summed E-state index contributed by atoms with van der Waals surface area (Å²) >= 11 is 0. The lowest BCUT2D eigenvalue weighted by Gasteiger charge is -2.33. The van der Waals surface area contributed by atoms with Gasteiger partial charge >= 0.3 is 0 Å². The highest BCUT2D eigenvalue weighted by atomic mass is 32.2. The number of ether oxygens (including phenoxy) is 3. The van der Waals surface area contributed by atoms with Gasteiger partial charge in [0.2, 0.25) is 11.8 Å². The Morgan fingerprint density at radius 1 is 0.844 bits per heavy atom. The molecule has 0 saturated carbocycles. The highest BCUT2D eigenvalue weighted by Gasteiger charge is 2.34. The second-order valence-electron chi connectivity index (χ2n) is 10.8. The van der Waals surface area contributed by atoms with Crippen LogP contribution in [0.2, 0.25) is 0 Å². The minimum atomic E-state index is -4.29. The Hall–Kier alpha value is -4.25. The molecule has 10 nitrogen and oxygen atoms in total. The van der Waals surface area contributed by atoms with Crippen molar-refractivity contribution >= 4 is 27.5 Å². The number of nitrogens with one attached hydrogen (secondary N) is 1. The van der Waals surface area contributed by atoms with Gasteiger partial charge in [-0.3, -0.25) is 13.9 Å². The number of carbonyl (C=O) groups excluding carboxylic acids is 2. The fraction of sp³-hybridized carbons (Fsp3) is 0.412. The molecule has 0 aliphatic rings. The van der Waals surface area contributed by atoms with Crippen molar-refractivity contribution in [3.05, 3.63) is 77.4 Å². The van der Waals surface area contributed by atoms with Gasteiger partial charge < -0.3 is 24.4 Å². The summed E-state index contributed by atoms with van der Waals surface area (Å²) < 4.78 is 45.7. The van der Waals surface area contributed by atoms with Crippen LogP contribution in [0.5, 0.6) is 17.2 Å². The number of unbranched alkanes of at least 4 members (excludes halogenated alkanes) is 1. The molecule has 2 amide bonds. The van der Waals surface area contributed by atoms with Gasteiger partial charge in [0.25, 0.3) is 10.0 Å². The maximum absolute atomic E-state index is 14.3. The average molecular weight is 640 g/mol. The van der Waals surface area contributed by atoms with E-state index in [2.05, 4.69) is 5.32 Å². The molecule has 3 rings (SSSR count). The molecule has 0 bridgehead atoms. The first kappa shape index (κ1) is 35.2. The zero-order chi connectivity index (χ0) is 33.1. The van der Waals surface area contributed by atoms with Crippen molar-refractivity contribution in [3.63, 3.8) is 0 Å². The zero-order valence-corrected chi connectivity index (χ0v) is 28.1. The Kier molecular flexibility index (Phi) is 12.7. The Morgan fingerprint density at radius 3 is 2.04 bits per heavy atom. The second kappa shape index (κ2) is 16.2. The number of hydrogen-bond acceptors (Lipinski definition) is 7. The lowest BCUT2D eigenvalue weighted by molar-refractivity contribution is -0.140. The Balaban J connectivity index is 2.11. The molecule has 0 aliphatic carbocycles. The van der Waals surface area contributed by atoms with Crippen molar-refractivity contribution in [3.8, 4) is 17.2 Å². The third-order valence-corrected chi connectivity index (χ3v) is 9.21. The fourth-order valence-corrected chi connectivity index (χ4v) is 6.49. The smallest absolute Gasteiger partial charge is 0.264 e. The predicted octanol–water partition coefficient (Wildman–Crippen LogP) is 5.25. The van der Waals surface area contributed by atoms with E-state index in [4.69, 9.17) is 14.2 Å². The highest BCUT2D eigenvalue weighted by molar-refractivity contribution is 7.92. The molecule has 244 valence electrons. The van der Waals surface area contributed by atoms with E-state index >= 15 is 0 Å². The van der Waals surface area contributed by atoms with Crippen molar-refractivity contribution in [1.82, 2.24) is 10.2 Å². The SMILES string of the molecule is CCCCNC(=O)C(CC)N(Cc1ccc(OC)cc1)C(=O)CN(c1cc(C)cc(C)c1)S(=O)(=O)c1ccc(OC)c(OC)c1. The molecule has 3 aromatic carbocycles. The number of methoxy groups -OCH3 is 3. The van der Waals surface area contributed by atoms with Crippen LogP contribution in [0, 0.1) is 13.8 Å². The predicted molar refractivity (Wildman–Crippen MR) is 176 cm³/mol. The molecule has 0 heterocycles. The van der Waals surface area contributed by atoms with Crippen molar-refractivity contribution in [2.24, 2.45) is 0 Å². The Morgan fingerprint density at radius 2 is 1.49 bits per heavy atom. The Bertz CT molecular complexity index is 1540. The molecular formula is C34H45N3O7S. The first-order valence-electron chi connectivity index (χ1n) is 15.0. The van der Waals surface area contributed by atoms with E-state index in [0.717, 1.165) is 33.8 Å². The van der Waals surface area contributed by atoms with Crippen LogP contribution in [0.1, 0.15) is 49.8 Å². The van der Waals surface area contributed by atoms with Crippen LogP contribution >= 0.6 is 0 Å². The van der Waals surface area contributed by atoms with Gasteiger partial charge in [0, 0.05) is 19.2 Å². The summed E-state index contributed by atoms with van der Waals surface area (Å²) in [5, 5.41) is 2.94. The van der Waals surface area contributed by atoms with Crippen LogP contribution in [0.15, 0.2) is 65.6 Å². The summed E-state index contributed by atoms with van der Waals surface area (Å²) in [5.74, 6) is 0.459. The number of benzene rings is 3. The maximum Gasteiger partial charge on any atom is 0.264 e. The van der Waals surface area contributed by atoms with E-state index in [1.54, 1.807) is 31.4 Å². The normalized spacial score (nSPS) is 11.8. The molecule has 0 saturated heterocycles. The monoisotopic (exact) mass is 639 g/mol. The summed E-state index contributed by atoms with van der Waals surface area (Å²) in [7, 11) is 0.164. The summed E-state index contributed by atoms with van der Waals surface area (Å²) in [6.07, 6.45) is 2.05. The number of aryl methyl sites for hydroxylation is 2. The van der Waals surface area contributed by atoms with Crippen LogP contribution in [0.4, 0.5) is 5.69 Å². The van der Waals surface area contributed by atoms with Gasteiger partial charge in [-0.15, -0.1) is 0 Å². The molecule has 1 atom stereocenters. The number of sulfonamides is 1. The van der Waals surface area contributed by atoms with Gasteiger partial charge in [-0.2, -0.15) is 0 Å². The summed E-state index contributed by atoms with van der Waals surface area (Å²) in [4.78, 5) is 29.1. The molecule has 0 fully saturated rings. The molecule has 45 heavy (non-hydrogen) atoms. The van der Waals surface area contributed by atoms with Crippen LogP contribution in [-0.4, -0.2) is 65.6 Å². The van der Waals surface area contributed by atoms with Crippen molar-refractivity contribution in [2.75, 3.05) is 38.7 Å². The summed E-state index contributed by atoms with van der Waals surface area (Å²) in [6.45, 7) is 7.64. The van der Waals surface area contributed by atoms with E-state index < -0.39 is 28.5 Å². The minimum absolute atomic E-state index is 0.0711. The third kappa shape index (κ3) is 8.91. The number of rotatable bonds is 16. The lowest BCUT2D eigenvalue weighted by Crippen LogP contribution is -2.52. The molecule has 3 aromatic rings. The van der Waals surface area contributed by atoms with E-state index in [1.165, 1.54) is 37.3 Å². The Labute approximate surface area is 267 Å². The number of amides is 2. The van der Waals surface area contributed by atoms with Gasteiger partial charge in [0.05, 0.1) is 31.9 Å². The third-order valence-electron chi connectivity index (χ3n) is 7.44. The molecule has 0 aromatic heterocycles. The first-order valence-corrected chi connectivity index (χ1v) is 16.5. The van der Waals surface area contributed by atoms with E-state index in [1.807, 2.05) is 45.9 Å². The van der Waals surface area contributed by atoms with E-state index in [-0.39, 0.29) is 23.1 Å². The van der Waals surface area contributed by atoms with Crippen LogP contribution in [-0.2, 0) is 26.2 Å². The lowest BCUT2D eigenvalue weighted by atomic mass is 10.1. The molecule has 1 unspecified atom stereocenters. The van der Waals surface area contributed by atoms with Gasteiger partial charge in [0.15, 0.2) is 11.5 Å². The van der Waals surface area contributed by atoms with Crippen LogP contribution < -0.4 is 23.8 Å². The zero-order valence-electron chi connectivity index (χ0n) is 27.3. The van der Waals surface area contributed by atoms with Crippen molar-refractivity contribution < 1.29 is 32.2 Å². The van der Waals surface area contributed by atoms with E-state index in [0.29, 0.717) is 30.2 Å². The highest BCUT2D eigenvalue weighted by Crippen LogP contribution is 2.33. The number of anilines is 1. The summed E-state index contributed by atoms with van der Waals surface area (Å²) in [5.41, 5.74) is 2.77. The van der Waals surface area contributed by atoms with Gasteiger partial charge in [-0.1, -0.05) is 38.5 Å². The van der Waals surface area contributed by atoms with Crippen molar-refractivity contribution in [2.45, 2.75) is 64.4 Å². The maximum atomic E-state index is 14.3. The average Bonchev–Trinajstić information content (AvgIpc) is 3.02. The first-order chi connectivity index (χ1) is 21.5. The van der Waals surface area contributed by atoms with Crippen LogP contribution in [0.25, 0.3) is 0 Å². The molecule has 0 spiro atoms. The van der Waals surface area contributed by atoms with Gasteiger partial charge in [0.1, 0.15) is 18.3 Å². The molecule has 0 aliphatic heterocycles. The fourth-order valence-electron chi connectivity index (χ4n) is 5.08. The standard InChI is InChI=1S/C34H45N3O7S/c1-8-10-17-35-34(39)30(9-2)36(22-26-11-13-28(42-5)14-12-26)33(38)23-37(27-19-24(3)18-25(4)20-27)45(40,41)29-15-16-31(43-6)32(21-29)44-7/h11-16,18-21,30H,8-10,17,22-23H2,1-7H3,(H,35,39). The molecule has 11 heteroatoms. The van der Waals surface area contributed by atoms with Gasteiger partial charge in [-0.05, 0) is 79.8 Å². The van der Waals surface area contributed by atoms with Crippen molar-refractivity contribution in [1.29, 1.82) is 0 Å². The number of carbonyl (C=O) groups is 2. The number of nitrogens with zero attached hydrogens (tertiary/aromatic N) is 2. The number of hydrogen-bond donors (Lipinski definition) is 1. The molecular weight excluding hydrogens is 594 g/mol.